The zero-order chi connectivity index (χ0) is 33.9. The predicted octanol–water partition coefficient (Wildman–Crippen LogP) is 9.73. The summed E-state index contributed by atoms with van der Waals surface area (Å²) < 4.78 is 0. The Morgan fingerprint density at radius 2 is 1.57 bits per heavy atom. The first-order chi connectivity index (χ1) is 21.9. The zero-order valence-corrected chi connectivity index (χ0v) is 30.9. The number of hydrogen-bond acceptors (Lipinski definition) is 3. The van der Waals surface area contributed by atoms with Crippen LogP contribution in [0, 0.1) is 50.7 Å². The number of aliphatic hydroxyl groups is 1. The van der Waals surface area contributed by atoms with Crippen LogP contribution in [0.4, 0.5) is 0 Å². The molecule has 0 radical (unpaired) electrons. The summed E-state index contributed by atoms with van der Waals surface area (Å²) in [5.74, 6) is 1.94. The highest BCUT2D eigenvalue weighted by atomic mass is 35.5. The normalized spacial score (nSPS) is 41.9. The Hall–Kier alpha value is -1.91. The van der Waals surface area contributed by atoms with Crippen LogP contribution in [0.2, 0.25) is 5.02 Å². The van der Waals surface area contributed by atoms with Gasteiger partial charge in [-0.25, -0.2) is 0 Å². The number of aliphatic hydroxyl groups excluding tert-OH is 1. The Morgan fingerprint density at radius 3 is 2.21 bits per heavy atom. The molecule has 47 heavy (non-hydrogen) atoms. The van der Waals surface area contributed by atoms with Gasteiger partial charge in [-0.2, -0.15) is 0 Å². The van der Waals surface area contributed by atoms with Gasteiger partial charge in [-0.3, -0.25) is 9.59 Å². The molecule has 1 aromatic carbocycles. The Balaban J connectivity index is 1.23. The van der Waals surface area contributed by atoms with Gasteiger partial charge in [0.05, 0.1) is 11.6 Å². The second-order valence-corrected chi connectivity index (χ2v) is 19.0. The lowest BCUT2D eigenvalue weighted by molar-refractivity contribution is -0.227. The molecule has 0 aromatic heterocycles. The Kier molecular flexibility index (Phi) is 7.71. The lowest BCUT2D eigenvalue weighted by Gasteiger charge is -2.72. The van der Waals surface area contributed by atoms with Crippen molar-refractivity contribution in [2.45, 2.75) is 138 Å². The molecule has 0 spiro atoms. The molecule has 2 N–H and O–H groups in total. The molecule has 7 rings (SSSR count). The van der Waals surface area contributed by atoms with E-state index in [1.165, 1.54) is 24.8 Å². The number of allylic oxidation sites excluding steroid dienone is 3. The minimum atomic E-state index is -0.374. The second kappa shape index (κ2) is 10.8. The monoisotopic (exact) mass is 659 g/mol. The average molecular weight is 660 g/mol. The summed E-state index contributed by atoms with van der Waals surface area (Å²) in [7, 11) is 0. The van der Waals surface area contributed by atoms with E-state index in [0.29, 0.717) is 35.0 Å². The van der Waals surface area contributed by atoms with Gasteiger partial charge < -0.3 is 10.4 Å². The van der Waals surface area contributed by atoms with Crippen LogP contribution in [0.5, 0.6) is 0 Å². The van der Waals surface area contributed by atoms with Crippen LogP contribution < -0.4 is 5.32 Å². The maximum atomic E-state index is 14.1. The van der Waals surface area contributed by atoms with Crippen molar-refractivity contribution in [3.63, 3.8) is 0 Å². The number of carbonyl (C=O) groups excluding carboxylic acids is 2. The van der Waals surface area contributed by atoms with E-state index in [1.54, 1.807) is 0 Å². The van der Waals surface area contributed by atoms with E-state index in [4.69, 9.17) is 11.6 Å². The number of ketones is 1. The smallest absolute Gasteiger partial charge is 0.247 e. The third kappa shape index (κ3) is 4.69. The van der Waals surface area contributed by atoms with Crippen molar-refractivity contribution in [3.8, 4) is 0 Å². The third-order valence-electron chi connectivity index (χ3n) is 15.8. The number of amides is 1. The zero-order valence-electron chi connectivity index (χ0n) is 30.2. The van der Waals surface area contributed by atoms with E-state index in [2.05, 4.69) is 59.9 Å². The number of hydrogen-bond donors (Lipinski definition) is 2. The van der Waals surface area contributed by atoms with Gasteiger partial charge in [-0.1, -0.05) is 78.3 Å². The van der Waals surface area contributed by atoms with Gasteiger partial charge >= 0.3 is 0 Å². The van der Waals surface area contributed by atoms with E-state index in [9.17, 15) is 14.7 Å². The molecule has 1 aromatic rings. The SMILES string of the molecule is C/C(=C\[C@@]12CC[C@]3(C)[C@H](CC[C@@H]4[C@@]5(C)CC[C@H](O)C(C)(C)[C@@H]5CC[C@]43C)C1=C(C(C)C)C(=O)C2)C(=O)NC1(c2ccc(Cl)cc2)CC1. The van der Waals surface area contributed by atoms with E-state index in [-0.39, 0.29) is 50.5 Å². The summed E-state index contributed by atoms with van der Waals surface area (Å²) in [4.78, 5) is 28.0. The van der Waals surface area contributed by atoms with Gasteiger partial charge in [0.25, 0.3) is 0 Å². The summed E-state index contributed by atoms with van der Waals surface area (Å²) >= 11 is 6.16. The average Bonchev–Trinajstić information content (AvgIpc) is 3.71. The highest BCUT2D eigenvalue weighted by Crippen LogP contribution is 2.76. The summed E-state index contributed by atoms with van der Waals surface area (Å²) in [6, 6.07) is 7.86. The van der Waals surface area contributed by atoms with Crippen LogP contribution in [0.25, 0.3) is 0 Å². The molecular weight excluding hydrogens is 602 g/mol. The fourth-order valence-corrected chi connectivity index (χ4v) is 13.1. The predicted molar refractivity (Wildman–Crippen MR) is 190 cm³/mol. The van der Waals surface area contributed by atoms with Crippen LogP contribution in [-0.4, -0.2) is 22.9 Å². The molecule has 0 aliphatic heterocycles. The fourth-order valence-electron chi connectivity index (χ4n) is 13.0. The lowest BCUT2D eigenvalue weighted by Crippen LogP contribution is -2.65. The minimum Gasteiger partial charge on any atom is -0.393 e. The number of rotatable bonds is 5. The molecule has 6 aliphatic rings. The maximum Gasteiger partial charge on any atom is 0.247 e. The van der Waals surface area contributed by atoms with Crippen LogP contribution in [0.3, 0.4) is 0 Å². The standard InChI is InChI=1S/C42H58ClNO3/c1-25(2)34-30(45)24-41(23-26(3)36(47)44-42(21-22-42)27-9-11-28(43)12-10-27)20-19-39(7)29(35(34)41)13-14-32-38(6)17-16-33(46)37(4,5)31(38)15-18-40(32,39)8/h9-12,23,25,29,31-33,46H,13-22,24H2,1-8H3,(H,44,47)/b26-23+/t29-,31+,32-,33+,38+,39-,40-,41-/m1/s1. The van der Waals surface area contributed by atoms with Crippen molar-refractivity contribution in [1.29, 1.82) is 0 Å². The van der Waals surface area contributed by atoms with Crippen molar-refractivity contribution in [1.82, 2.24) is 5.32 Å². The van der Waals surface area contributed by atoms with Crippen molar-refractivity contribution in [3.05, 3.63) is 57.6 Å². The first kappa shape index (κ1) is 33.6. The molecule has 0 bridgehead atoms. The summed E-state index contributed by atoms with van der Waals surface area (Å²) in [6.07, 6.45) is 13.1. The molecular formula is C42H58ClNO3. The number of fused-ring (bicyclic) bond motifs is 7. The first-order valence-corrected chi connectivity index (χ1v) is 19.1. The molecule has 1 amide bonds. The van der Waals surface area contributed by atoms with Crippen molar-refractivity contribution in [2.75, 3.05) is 0 Å². The van der Waals surface area contributed by atoms with Gasteiger partial charge in [0, 0.05) is 22.4 Å². The van der Waals surface area contributed by atoms with Crippen molar-refractivity contribution >= 4 is 23.3 Å². The molecule has 0 unspecified atom stereocenters. The molecule has 5 fully saturated rings. The number of nitrogens with one attached hydrogen (secondary N) is 1. The molecule has 8 atom stereocenters. The lowest BCUT2D eigenvalue weighted by atomic mass is 9.33. The maximum absolute atomic E-state index is 14.1. The van der Waals surface area contributed by atoms with Crippen molar-refractivity contribution in [2.24, 2.45) is 50.7 Å². The molecule has 5 heteroatoms. The topological polar surface area (TPSA) is 66.4 Å². The van der Waals surface area contributed by atoms with Gasteiger partial charge in [-0.05, 0) is 145 Å². The van der Waals surface area contributed by atoms with Crippen LogP contribution in [0.1, 0.15) is 132 Å². The van der Waals surface area contributed by atoms with Crippen LogP contribution >= 0.6 is 11.6 Å². The minimum absolute atomic E-state index is 0.0195. The van der Waals surface area contributed by atoms with E-state index < -0.39 is 0 Å². The number of benzene rings is 1. The fraction of sp³-hybridized carbons (Fsp3) is 0.714. The summed E-state index contributed by atoms with van der Waals surface area (Å²) in [6.45, 7) is 18.8. The van der Waals surface area contributed by atoms with Crippen molar-refractivity contribution < 1.29 is 14.7 Å². The van der Waals surface area contributed by atoms with Gasteiger partial charge in [0.1, 0.15) is 0 Å². The highest BCUT2D eigenvalue weighted by Gasteiger charge is 2.69. The molecule has 256 valence electrons. The molecule has 0 heterocycles. The quantitative estimate of drug-likeness (QED) is 0.309. The van der Waals surface area contributed by atoms with E-state index in [0.717, 1.165) is 61.7 Å². The van der Waals surface area contributed by atoms with Gasteiger partial charge in [0.15, 0.2) is 5.78 Å². The summed E-state index contributed by atoms with van der Waals surface area (Å²) in [5, 5.41) is 15.2. The third-order valence-corrected chi connectivity index (χ3v) is 16.1. The number of halogens is 1. The molecule has 4 nitrogen and oxygen atoms in total. The number of Topliss-reactive ketones (excluding diaryl/α,β-unsaturated/α-hetero) is 1. The highest BCUT2D eigenvalue weighted by molar-refractivity contribution is 6.30. The molecule has 0 saturated heterocycles. The first-order valence-electron chi connectivity index (χ1n) is 18.7. The number of carbonyl (C=O) groups is 2. The molecule has 5 saturated carbocycles. The van der Waals surface area contributed by atoms with Crippen LogP contribution in [-0.2, 0) is 15.1 Å². The Morgan fingerprint density at radius 1 is 0.894 bits per heavy atom. The van der Waals surface area contributed by atoms with Gasteiger partial charge in [0.2, 0.25) is 5.91 Å². The van der Waals surface area contributed by atoms with E-state index in [1.807, 2.05) is 31.2 Å². The van der Waals surface area contributed by atoms with Gasteiger partial charge in [-0.15, -0.1) is 0 Å². The Labute approximate surface area is 288 Å². The summed E-state index contributed by atoms with van der Waals surface area (Å²) in [5.41, 5.74) is 4.02. The Bertz CT molecular complexity index is 1550. The molecule has 6 aliphatic carbocycles. The van der Waals surface area contributed by atoms with E-state index >= 15 is 0 Å². The largest absolute Gasteiger partial charge is 0.393 e. The second-order valence-electron chi connectivity index (χ2n) is 18.6. The van der Waals surface area contributed by atoms with Crippen LogP contribution in [0.15, 0.2) is 47.1 Å².